The summed E-state index contributed by atoms with van der Waals surface area (Å²) in [6.45, 7) is 4.31. The molecule has 1 aromatic carbocycles. The number of likely N-dealkylation sites (N-methyl/N-ethyl adjacent to an activating group) is 1. The molecule has 2 rings (SSSR count). The van der Waals surface area contributed by atoms with Crippen molar-refractivity contribution in [2.45, 2.75) is 44.9 Å². The summed E-state index contributed by atoms with van der Waals surface area (Å²) in [5, 5.41) is 4.39. The lowest BCUT2D eigenvalue weighted by molar-refractivity contribution is 0.298. The van der Waals surface area contributed by atoms with Crippen molar-refractivity contribution in [1.29, 1.82) is 0 Å². The number of hydrogen-bond donors (Lipinski definition) is 1. The molecule has 1 aliphatic rings. The summed E-state index contributed by atoms with van der Waals surface area (Å²) in [4.78, 5) is 0. The number of nitrogens with one attached hydrogen (secondary N) is 1. The van der Waals surface area contributed by atoms with Gasteiger partial charge in [0, 0.05) is 11.6 Å². The monoisotopic (exact) mass is 265 g/mol. The Morgan fingerprint density at radius 2 is 2.06 bits per heavy atom. The van der Waals surface area contributed by atoms with Crippen molar-refractivity contribution < 1.29 is 0 Å². The van der Waals surface area contributed by atoms with Gasteiger partial charge in [-0.2, -0.15) is 0 Å². The SMILES string of the molecule is CCNCC(c1cccc(Cl)c1)C1CCCCC1. The second kappa shape index (κ2) is 7.16. The molecule has 1 aromatic rings. The normalized spacial score (nSPS) is 18.8. The zero-order chi connectivity index (χ0) is 12.8. The second-order valence-electron chi connectivity index (χ2n) is 5.37. The number of benzene rings is 1. The lowest BCUT2D eigenvalue weighted by Crippen LogP contribution is -2.27. The molecule has 1 atom stereocenters. The third kappa shape index (κ3) is 3.73. The van der Waals surface area contributed by atoms with Gasteiger partial charge in [0.25, 0.3) is 0 Å². The molecule has 0 bridgehead atoms. The molecule has 18 heavy (non-hydrogen) atoms. The smallest absolute Gasteiger partial charge is 0.0408 e. The fourth-order valence-corrected chi connectivity index (χ4v) is 3.33. The summed E-state index contributed by atoms with van der Waals surface area (Å²) < 4.78 is 0. The highest BCUT2D eigenvalue weighted by atomic mass is 35.5. The summed E-state index contributed by atoms with van der Waals surface area (Å²) in [5.41, 5.74) is 1.41. The van der Waals surface area contributed by atoms with E-state index in [-0.39, 0.29) is 0 Å². The Morgan fingerprint density at radius 1 is 1.28 bits per heavy atom. The van der Waals surface area contributed by atoms with Crippen LogP contribution in [0.2, 0.25) is 5.02 Å². The van der Waals surface area contributed by atoms with Crippen molar-refractivity contribution >= 4 is 11.6 Å². The molecule has 0 heterocycles. The van der Waals surface area contributed by atoms with Crippen molar-refractivity contribution in [3.8, 4) is 0 Å². The minimum Gasteiger partial charge on any atom is -0.316 e. The van der Waals surface area contributed by atoms with Crippen molar-refractivity contribution in [3.05, 3.63) is 34.9 Å². The van der Waals surface area contributed by atoms with Crippen LogP contribution < -0.4 is 5.32 Å². The standard InChI is InChI=1S/C16H24ClN/c1-2-18-12-16(13-7-4-3-5-8-13)14-9-6-10-15(17)11-14/h6,9-11,13,16,18H,2-5,7-8,12H2,1H3. The topological polar surface area (TPSA) is 12.0 Å². The van der Waals surface area contributed by atoms with E-state index < -0.39 is 0 Å². The Labute approximate surface area is 116 Å². The molecule has 1 saturated carbocycles. The Bertz CT molecular complexity index is 358. The third-order valence-electron chi connectivity index (χ3n) is 4.11. The molecule has 0 aliphatic heterocycles. The van der Waals surface area contributed by atoms with Crippen LogP contribution in [0, 0.1) is 5.92 Å². The van der Waals surface area contributed by atoms with E-state index in [0.29, 0.717) is 5.92 Å². The van der Waals surface area contributed by atoms with Crippen LogP contribution in [0.3, 0.4) is 0 Å². The van der Waals surface area contributed by atoms with Gasteiger partial charge in [0.1, 0.15) is 0 Å². The Hall–Kier alpha value is -0.530. The summed E-state index contributed by atoms with van der Waals surface area (Å²) >= 11 is 6.14. The predicted molar refractivity (Wildman–Crippen MR) is 79.3 cm³/mol. The van der Waals surface area contributed by atoms with Gasteiger partial charge in [-0.3, -0.25) is 0 Å². The first kappa shape index (κ1) is 13.9. The maximum Gasteiger partial charge on any atom is 0.0408 e. The second-order valence-corrected chi connectivity index (χ2v) is 5.80. The van der Waals surface area contributed by atoms with Gasteiger partial charge < -0.3 is 5.32 Å². The molecule has 1 fully saturated rings. The molecule has 1 N–H and O–H groups in total. The highest BCUT2D eigenvalue weighted by Crippen LogP contribution is 2.36. The highest BCUT2D eigenvalue weighted by Gasteiger charge is 2.24. The molecule has 2 heteroatoms. The largest absolute Gasteiger partial charge is 0.316 e. The zero-order valence-corrected chi connectivity index (χ0v) is 12.0. The van der Waals surface area contributed by atoms with Gasteiger partial charge in [0.15, 0.2) is 0 Å². The van der Waals surface area contributed by atoms with Crippen LogP contribution in [0.5, 0.6) is 0 Å². The maximum atomic E-state index is 6.14. The summed E-state index contributed by atoms with van der Waals surface area (Å²) in [7, 11) is 0. The van der Waals surface area contributed by atoms with Crippen LogP contribution in [0.25, 0.3) is 0 Å². The average molecular weight is 266 g/mol. The van der Waals surface area contributed by atoms with Gasteiger partial charge >= 0.3 is 0 Å². The van der Waals surface area contributed by atoms with Crippen molar-refractivity contribution in [1.82, 2.24) is 5.32 Å². The first-order valence-electron chi connectivity index (χ1n) is 7.27. The molecule has 0 amide bonds. The Kier molecular flexibility index (Phi) is 5.52. The first-order chi connectivity index (χ1) is 8.81. The minimum absolute atomic E-state index is 0.629. The molecule has 0 radical (unpaired) electrons. The molecule has 0 saturated heterocycles. The Morgan fingerprint density at radius 3 is 2.72 bits per heavy atom. The molecule has 1 nitrogen and oxygen atoms in total. The van der Waals surface area contributed by atoms with E-state index in [1.165, 1.54) is 37.7 Å². The number of hydrogen-bond acceptors (Lipinski definition) is 1. The Balaban J connectivity index is 2.12. The molecule has 1 unspecified atom stereocenters. The fourth-order valence-electron chi connectivity index (χ4n) is 3.13. The zero-order valence-electron chi connectivity index (χ0n) is 11.3. The van der Waals surface area contributed by atoms with Gasteiger partial charge in [0.2, 0.25) is 0 Å². The van der Waals surface area contributed by atoms with E-state index >= 15 is 0 Å². The van der Waals surface area contributed by atoms with E-state index in [1.807, 2.05) is 6.07 Å². The van der Waals surface area contributed by atoms with Gasteiger partial charge in [-0.05, 0) is 48.9 Å². The summed E-state index contributed by atoms with van der Waals surface area (Å²) in [6, 6.07) is 8.44. The van der Waals surface area contributed by atoms with E-state index in [1.54, 1.807) is 0 Å². The molecule has 0 aromatic heterocycles. The van der Waals surface area contributed by atoms with Crippen molar-refractivity contribution in [2.24, 2.45) is 5.92 Å². The molecule has 0 spiro atoms. The lowest BCUT2D eigenvalue weighted by atomic mass is 9.77. The van der Waals surface area contributed by atoms with Gasteiger partial charge in [-0.15, -0.1) is 0 Å². The molecule has 100 valence electrons. The minimum atomic E-state index is 0.629. The summed E-state index contributed by atoms with van der Waals surface area (Å²) in [5.74, 6) is 1.46. The lowest BCUT2D eigenvalue weighted by Gasteiger charge is -2.31. The highest BCUT2D eigenvalue weighted by molar-refractivity contribution is 6.30. The quantitative estimate of drug-likeness (QED) is 0.820. The van der Waals surface area contributed by atoms with Crippen LogP contribution in [-0.4, -0.2) is 13.1 Å². The van der Waals surface area contributed by atoms with Crippen LogP contribution in [0.15, 0.2) is 24.3 Å². The van der Waals surface area contributed by atoms with Crippen LogP contribution >= 0.6 is 11.6 Å². The maximum absolute atomic E-state index is 6.14. The number of rotatable bonds is 5. The number of halogens is 1. The van der Waals surface area contributed by atoms with Crippen LogP contribution in [0.4, 0.5) is 0 Å². The molecule has 1 aliphatic carbocycles. The van der Waals surface area contributed by atoms with Gasteiger partial charge in [-0.25, -0.2) is 0 Å². The third-order valence-corrected chi connectivity index (χ3v) is 4.35. The average Bonchev–Trinajstić information content (AvgIpc) is 2.40. The van der Waals surface area contributed by atoms with Gasteiger partial charge in [-0.1, -0.05) is 49.9 Å². The summed E-state index contributed by atoms with van der Waals surface area (Å²) in [6.07, 6.45) is 6.97. The van der Waals surface area contributed by atoms with Crippen LogP contribution in [-0.2, 0) is 0 Å². The van der Waals surface area contributed by atoms with Crippen molar-refractivity contribution in [2.75, 3.05) is 13.1 Å². The van der Waals surface area contributed by atoms with E-state index in [0.717, 1.165) is 24.0 Å². The van der Waals surface area contributed by atoms with E-state index in [2.05, 4.69) is 30.4 Å². The van der Waals surface area contributed by atoms with Crippen LogP contribution in [0.1, 0.15) is 50.5 Å². The fraction of sp³-hybridized carbons (Fsp3) is 0.625. The first-order valence-corrected chi connectivity index (χ1v) is 7.65. The van der Waals surface area contributed by atoms with Gasteiger partial charge in [0.05, 0.1) is 0 Å². The van der Waals surface area contributed by atoms with E-state index in [4.69, 9.17) is 11.6 Å². The molecular weight excluding hydrogens is 242 g/mol. The van der Waals surface area contributed by atoms with E-state index in [9.17, 15) is 0 Å². The predicted octanol–water partition coefficient (Wildman–Crippen LogP) is 4.61. The van der Waals surface area contributed by atoms with Crippen molar-refractivity contribution in [3.63, 3.8) is 0 Å². The molecular formula is C16H24ClN.